The van der Waals surface area contributed by atoms with Crippen LogP contribution in [0.3, 0.4) is 0 Å². The van der Waals surface area contributed by atoms with E-state index in [1.165, 1.54) is 0 Å². The average Bonchev–Trinajstić information content (AvgIpc) is 2.69. The maximum atomic E-state index is 11.8. The van der Waals surface area contributed by atoms with Gasteiger partial charge in [-0.2, -0.15) is 5.10 Å². The maximum Gasteiger partial charge on any atom is 0.213 e. The number of hydrogen-bond donors (Lipinski definition) is 1. The third-order valence-corrected chi connectivity index (χ3v) is 5.64. The molecule has 19 heavy (non-hydrogen) atoms. The normalized spacial score (nSPS) is 18.8. The van der Waals surface area contributed by atoms with Gasteiger partial charge in [-0.05, 0) is 32.6 Å². The first-order valence-corrected chi connectivity index (χ1v) is 8.30. The van der Waals surface area contributed by atoms with Gasteiger partial charge < -0.3 is 5.73 Å². The van der Waals surface area contributed by atoms with E-state index in [1.807, 2.05) is 17.8 Å². The predicted molar refractivity (Wildman–Crippen MR) is 75.1 cm³/mol. The number of hydrogen-bond acceptors (Lipinski definition) is 4. The van der Waals surface area contributed by atoms with Crippen molar-refractivity contribution in [2.45, 2.75) is 33.2 Å². The van der Waals surface area contributed by atoms with Gasteiger partial charge in [0.1, 0.15) is 0 Å². The molecule has 2 heterocycles. The molecule has 2 rings (SSSR count). The number of nitrogens with zero attached hydrogens (tertiary/aromatic N) is 3. The first kappa shape index (κ1) is 14.3. The Morgan fingerprint density at radius 1 is 1.42 bits per heavy atom. The molecule has 2 N–H and O–H groups in total. The van der Waals surface area contributed by atoms with Crippen LogP contribution in [0, 0.1) is 12.8 Å². The minimum Gasteiger partial charge on any atom is -0.396 e. The number of rotatable bonds is 4. The zero-order valence-electron chi connectivity index (χ0n) is 11.5. The van der Waals surface area contributed by atoms with Crippen molar-refractivity contribution in [1.29, 1.82) is 0 Å². The summed E-state index contributed by atoms with van der Waals surface area (Å²) in [7, 11) is -3.03. The molecular weight excluding hydrogens is 264 g/mol. The van der Waals surface area contributed by atoms with E-state index in [9.17, 15) is 8.42 Å². The molecule has 108 valence electrons. The van der Waals surface area contributed by atoms with E-state index in [0.29, 0.717) is 24.7 Å². The first-order chi connectivity index (χ1) is 8.92. The van der Waals surface area contributed by atoms with Crippen LogP contribution in [0.5, 0.6) is 0 Å². The number of piperidine rings is 1. The quantitative estimate of drug-likeness (QED) is 0.889. The minimum absolute atomic E-state index is 0.187. The lowest BCUT2D eigenvalue weighted by Gasteiger charge is -2.30. The van der Waals surface area contributed by atoms with Crippen molar-refractivity contribution in [2.75, 3.05) is 24.6 Å². The summed E-state index contributed by atoms with van der Waals surface area (Å²) in [6.07, 6.45) is 3.63. The van der Waals surface area contributed by atoms with E-state index in [2.05, 4.69) is 5.10 Å². The Balaban J connectivity index is 1.90. The van der Waals surface area contributed by atoms with Crippen molar-refractivity contribution >= 4 is 15.7 Å². The highest BCUT2D eigenvalue weighted by Crippen LogP contribution is 2.22. The Morgan fingerprint density at radius 2 is 2.05 bits per heavy atom. The molecule has 0 aromatic carbocycles. The van der Waals surface area contributed by atoms with Crippen LogP contribution in [0.15, 0.2) is 6.20 Å². The second kappa shape index (κ2) is 5.50. The molecule has 1 aromatic rings. The molecule has 1 fully saturated rings. The Labute approximate surface area is 114 Å². The summed E-state index contributed by atoms with van der Waals surface area (Å²) < 4.78 is 27.0. The SMILES string of the molecule is CCS(=O)(=O)N1CCC(Cn2cc(N)c(C)n2)CC1. The molecule has 1 aromatic heterocycles. The van der Waals surface area contributed by atoms with Gasteiger partial charge in [0.05, 0.1) is 17.1 Å². The van der Waals surface area contributed by atoms with Crippen LogP contribution in [0.4, 0.5) is 5.69 Å². The average molecular weight is 286 g/mol. The first-order valence-electron chi connectivity index (χ1n) is 6.69. The maximum absolute atomic E-state index is 11.8. The van der Waals surface area contributed by atoms with Crippen LogP contribution in [-0.2, 0) is 16.6 Å². The molecule has 0 bridgehead atoms. The fourth-order valence-electron chi connectivity index (χ4n) is 2.44. The zero-order valence-corrected chi connectivity index (χ0v) is 12.4. The monoisotopic (exact) mass is 286 g/mol. The molecule has 0 unspecified atom stereocenters. The van der Waals surface area contributed by atoms with E-state index in [-0.39, 0.29) is 5.75 Å². The Kier molecular flexibility index (Phi) is 4.15. The number of nitrogen functional groups attached to an aromatic ring is 1. The number of sulfonamides is 1. The van der Waals surface area contributed by atoms with Crippen LogP contribution in [0.25, 0.3) is 0 Å². The fourth-order valence-corrected chi connectivity index (χ4v) is 3.58. The van der Waals surface area contributed by atoms with Crippen LogP contribution in [0.2, 0.25) is 0 Å². The Hall–Kier alpha value is -1.08. The van der Waals surface area contributed by atoms with E-state index in [1.54, 1.807) is 11.2 Å². The highest BCUT2D eigenvalue weighted by atomic mass is 32.2. The van der Waals surface area contributed by atoms with Gasteiger partial charge in [0, 0.05) is 25.8 Å². The number of nitrogens with two attached hydrogens (primary N) is 1. The highest BCUT2D eigenvalue weighted by molar-refractivity contribution is 7.89. The summed E-state index contributed by atoms with van der Waals surface area (Å²) in [6, 6.07) is 0. The van der Waals surface area contributed by atoms with Crippen molar-refractivity contribution in [2.24, 2.45) is 5.92 Å². The van der Waals surface area contributed by atoms with Crippen LogP contribution in [0.1, 0.15) is 25.5 Å². The number of aromatic nitrogens is 2. The van der Waals surface area contributed by atoms with E-state index >= 15 is 0 Å². The van der Waals surface area contributed by atoms with E-state index in [4.69, 9.17) is 5.73 Å². The van der Waals surface area contributed by atoms with Gasteiger partial charge in [0.2, 0.25) is 10.0 Å². The van der Waals surface area contributed by atoms with Crippen molar-refractivity contribution in [1.82, 2.24) is 14.1 Å². The number of anilines is 1. The summed E-state index contributed by atoms with van der Waals surface area (Å²) in [5.41, 5.74) is 7.34. The molecule has 0 radical (unpaired) electrons. The Bertz CT molecular complexity index is 510. The van der Waals surface area contributed by atoms with Gasteiger partial charge >= 0.3 is 0 Å². The van der Waals surface area contributed by atoms with E-state index in [0.717, 1.165) is 25.1 Å². The van der Waals surface area contributed by atoms with Crippen molar-refractivity contribution in [3.63, 3.8) is 0 Å². The zero-order chi connectivity index (χ0) is 14.0. The van der Waals surface area contributed by atoms with Crippen molar-refractivity contribution in [3.05, 3.63) is 11.9 Å². The Morgan fingerprint density at radius 3 is 2.53 bits per heavy atom. The predicted octanol–water partition coefficient (Wildman–Crippen LogP) is 0.835. The van der Waals surface area contributed by atoms with Gasteiger partial charge in [-0.15, -0.1) is 0 Å². The summed E-state index contributed by atoms with van der Waals surface area (Å²) in [4.78, 5) is 0. The lowest BCUT2D eigenvalue weighted by atomic mass is 9.98. The molecule has 0 amide bonds. The second-order valence-corrected chi connectivity index (χ2v) is 7.39. The third kappa shape index (κ3) is 3.27. The molecule has 1 aliphatic heterocycles. The summed E-state index contributed by atoms with van der Waals surface area (Å²) in [5.74, 6) is 0.661. The largest absolute Gasteiger partial charge is 0.396 e. The summed E-state index contributed by atoms with van der Waals surface area (Å²) in [6.45, 7) is 5.64. The number of aryl methyl sites for hydroxylation is 1. The lowest BCUT2D eigenvalue weighted by molar-refractivity contribution is 0.247. The van der Waals surface area contributed by atoms with Gasteiger partial charge in [-0.25, -0.2) is 12.7 Å². The second-order valence-electron chi connectivity index (χ2n) is 5.13. The third-order valence-electron chi connectivity index (χ3n) is 3.76. The topological polar surface area (TPSA) is 81.2 Å². The molecular formula is C12H22N4O2S. The van der Waals surface area contributed by atoms with Crippen molar-refractivity contribution < 1.29 is 8.42 Å². The lowest BCUT2D eigenvalue weighted by Crippen LogP contribution is -2.40. The van der Waals surface area contributed by atoms with Gasteiger partial charge in [-0.3, -0.25) is 4.68 Å². The highest BCUT2D eigenvalue weighted by Gasteiger charge is 2.26. The molecule has 0 saturated carbocycles. The molecule has 0 spiro atoms. The molecule has 0 atom stereocenters. The molecule has 0 aliphatic carbocycles. The molecule has 1 saturated heterocycles. The van der Waals surface area contributed by atoms with E-state index < -0.39 is 10.0 Å². The van der Waals surface area contributed by atoms with Gasteiger partial charge in [0.25, 0.3) is 0 Å². The molecule has 7 heteroatoms. The molecule has 1 aliphatic rings. The standard InChI is InChI=1S/C12H22N4O2S/c1-3-19(17,18)16-6-4-11(5-7-16)8-15-9-12(13)10(2)14-15/h9,11H,3-8,13H2,1-2H3. The van der Waals surface area contributed by atoms with Gasteiger partial charge in [-0.1, -0.05) is 0 Å². The molecule has 6 nitrogen and oxygen atoms in total. The van der Waals surface area contributed by atoms with Gasteiger partial charge in [0.15, 0.2) is 0 Å². The smallest absolute Gasteiger partial charge is 0.213 e. The van der Waals surface area contributed by atoms with Crippen LogP contribution >= 0.6 is 0 Å². The van der Waals surface area contributed by atoms with Crippen molar-refractivity contribution in [3.8, 4) is 0 Å². The summed E-state index contributed by atoms with van der Waals surface area (Å²) >= 11 is 0. The fraction of sp³-hybridized carbons (Fsp3) is 0.750. The van der Waals surface area contributed by atoms with Crippen LogP contribution in [-0.4, -0.2) is 41.3 Å². The minimum atomic E-state index is -3.03. The van der Waals surface area contributed by atoms with Crippen LogP contribution < -0.4 is 5.73 Å². The summed E-state index contributed by atoms with van der Waals surface area (Å²) in [5, 5.41) is 4.35.